The predicted molar refractivity (Wildman–Crippen MR) is 57.5 cm³/mol. The summed E-state index contributed by atoms with van der Waals surface area (Å²) in [5.74, 6) is 5.33. The van der Waals surface area contributed by atoms with Crippen LogP contribution in [0.5, 0.6) is 0 Å². The van der Waals surface area contributed by atoms with Gasteiger partial charge in [0.2, 0.25) is 0 Å². The highest BCUT2D eigenvalue weighted by molar-refractivity contribution is 5.05. The van der Waals surface area contributed by atoms with Gasteiger partial charge in [-0.1, -0.05) is 34.6 Å². The highest BCUT2D eigenvalue weighted by Gasteiger charge is 2.56. The molecule has 2 aliphatic rings. The molecule has 0 spiro atoms. The van der Waals surface area contributed by atoms with E-state index in [1.165, 1.54) is 12.8 Å². The van der Waals surface area contributed by atoms with Crippen LogP contribution in [-0.2, 0) is 0 Å². The Balaban J connectivity index is 1.87. The van der Waals surface area contributed by atoms with Crippen LogP contribution in [0.25, 0.3) is 0 Å². The van der Waals surface area contributed by atoms with E-state index in [-0.39, 0.29) is 0 Å². The van der Waals surface area contributed by atoms with Gasteiger partial charge in [-0.05, 0) is 47.8 Å². The maximum Gasteiger partial charge on any atom is -0.0326 e. The van der Waals surface area contributed by atoms with Gasteiger partial charge in [0.15, 0.2) is 0 Å². The number of fused-ring (bicyclic) bond motifs is 1. The molecule has 76 valence electrons. The minimum atomic E-state index is 0.550. The van der Waals surface area contributed by atoms with Crippen molar-refractivity contribution in [3.63, 3.8) is 0 Å². The normalized spacial score (nSPS) is 49.2. The monoisotopic (exact) mass is 180 g/mol. The Bertz CT molecular complexity index is 193. The lowest BCUT2D eigenvalue weighted by Crippen LogP contribution is -2.57. The second-order valence-corrected chi connectivity index (χ2v) is 6.72. The zero-order chi connectivity index (χ0) is 9.80. The molecule has 5 unspecified atom stereocenters. The summed E-state index contributed by atoms with van der Waals surface area (Å²) < 4.78 is 0. The van der Waals surface area contributed by atoms with Crippen LogP contribution in [-0.4, -0.2) is 0 Å². The molecule has 0 bridgehead atoms. The average Bonchev–Trinajstić information content (AvgIpc) is 1.94. The highest BCUT2D eigenvalue weighted by atomic mass is 14.6. The van der Waals surface area contributed by atoms with Crippen molar-refractivity contribution < 1.29 is 0 Å². The molecule has 0 heterocycles. The molecule has 0 radical (unpaired) electrons. The first kappa shape index (κ1) is 9.55. The molecule has 13 heavy (non-hydrogen) atoms. The van der Waals surface area contributed by atoms with E-state index >= 15 is 0 Å². The molecule has 0 heteroatoms. The SMILES string of the molecule is CC1C(C)C2C(CC(C)(C)C)CC12. The van der Waals surface area contributed by atoms with Crippen LogP contribution in [0.15, 0.2) is 0 Å². The van der Waals surface area contributed by atoms with Crippen LogP contribution in [0.1, 0.15) is 47.5 Å². The summed E-state index contributed by atoms with van der Waals surface area (Å²) in [6.07, 6.45) is 2.98. The first-order valence-corrected chi connectivity index (χ1v) is 5.90. The van der Waals surface area contributed by atoms with Crippen molar-refractivity contribution in [1.82, 2.24) is 0 Å². The molecule has 0 N–H and O–H groups in total. The van der Waals surface area contributed by atoms with Crippen LogP contribution in [0.3, 0.4) is 0 Å². The molecule has 0 nitrogen and oxygen atoms in total. The van der Waals surface area contributed by atoms with E-state index in [2.05, 4.69) is 34.6 Å². The number of rotatable bonds is 1. The Hall–Kier alpha value is 0. The van der Waals surface area contributed by atoms with Crippen molar-refractivity contribution >= 4 is 0 Å². The summed E-state index contributed by atoms with van der Waals surface area (Å²) in [5, 5.41) is 0. The lowest BCUT2D eigenvalue weighted by Gasteiger charge is -2.63. The number of hydrogen-bond donors (Lipinski definition) is 0. The van der Waals surface area contributed by atoms with Crippen molar-refractivity contribution in [2.75, 3.05) is 0 Å². The number of hydrogen-bond acceptors (Lipinski definition) is 0. The van der Waals surface area contributed by atoms with E-state index in [1.807, 2.05) is 0 Å². The fourth-order valence-corrected chi connectivity index (χ4v) is 3.80. The molecule has 2 saturated carbocycles. The molecule has 2 aliphatic carbocycles. The fraction of sp³-hybridized carbons (Fsp3) is 1.00. The molecule has 2 fully saturated rings. The molecule has 0 aliphatic heterocycles. The third kappa shape index (κ3) is 1.43. The lowest BCUT2D eigenvalue weighted by molar-refractivity contribution is -0.146. The van der Waals surface area contributed by atoms with Gasteiger partial charge in [0.25, 0.3) is 0 Å². The molecular formula is C13H24. The van der Waals surface area contributed by atoms with Gasteiger partial charge in [0.1, 0.15) is 0 Å². The molecule has 2 rings (SSSR count). The Kier molecular flexibility index (Phi) is 2.02. The predicted octanol–water partition coefficient (Wildman–Crippen LogP) is 3.96. The third-order valence-electron chi connectivity index (χ3n) is 4.60. The molecule has 0 aromatic rings. The van der Waals surface area contributed by atoms with Crippen molar-refractivity contribution in [2.24, 2.45) is 35.0 Å². The summed E-state index contributed by atoms with van der Waals surface area (Å²) in [5.41, 5.74) is 0.550. The van der Waals surface area contributed by atoms with Gasteiger partial charge in [-0.15, -0.1) is 0 Å². The summed E-state index contributed by atoms with van der Waals surface area (Å²) >= 11 is 0. The van der Waals surface area contributed by atoms with Gasteiger partial charge in [-0.3, -0.25) is 0 Å². The average molecular weight is 180 g/mol. The topological polar surface area (TPSA) is 0 Å². The molecule has 0 aromatic carbocycles. The summed E-state index contributed by atoms with van der Waals surface area (Å²) in [7, 11) is 0. The van der Waals surface area contributed by atoms with E-state index in [1.54, 1.807) is 0 Å². The minimum absolute atomic E-state index is 0.550. The van der Waals surface area contributed by atoms with Crippen LogP contribution in [0.2, 0.25) is 0 Å². The van der Waals surface area contributed by atoms with Crippen LogP contribution >= 0.6 is 0 Å². The Morgan fingerprint density at radius 1 is 1.08 bits per heavy atom. The van der Waals surface area contributed by atoms with E-state index < -0.39 is 0 Å². The van der Waals surface area contributed by atoms with Crippen LogP contribution in [0.4, 0.5) is 0 Å². The molecular weight excluding hydrogens is 156 g/mol. The molecule has 0 saturated heterocycles. The van der Waals surface area contributed by atoms with Gasteiger partial charge in [0, 0.05) is 0 Å². The van der Waals surface area contributed by atoms with E-state index in [0.29, 0.717) is 5.41 Å². The maximum absolute atomic E-state index is 2.46. The van der Waals surface area contributed by atoms with E-state index in [0.717, 1.165) is 29.6 Å². The first-order valence-electron chi connectivity index (χ1n) is 5.90. The van der Waals surface area contributed by atoms with E-state index in [4.69, 9.17) is 0 Å². The van der Waals surface area contributed by atoms with Crippen molar-refractivity contribution in [3.05, 3.63) is 0 Å². The van der Waals surface area contributed by atoms with Crippen LogP contribution in [0, 0.1) is 35.0 Å². The lowest BCUT2D eigenvalue weighted by atomic mass is 9.42. The van der Waals surface area contributed by atoms with Crippen molar-refractivity contribution in [3.8, 4) is 0 Å². The second-order valence-electron chi connectivity index (χ2n) is 6.72. The van der Waals surface area contributed by atoms with Crippen molar-refractivity contribution in [2.45, 2.75) is 47.5 Å². The standard InChI is InChI=1S/C13H24/c1-8-9(2)12-10(6-11(8)12)7-13(3,4)5/h8-12H,6-7H2,1-5H3. The highest BCUT2D eigenvalue weighted by Crippen LogP contribution is 2.63. The smallest absolute Gasteiger partial charge is 0.0326 e. The molecule has 0 amide bonds. The quantitative estimate of drug-likeness (QED) is 0.573. The second kappa shape index (κ2) is 2.74. The summed E-state index contributed by atoms with van der Waals surface area (Å²) in [6.45, 7) is 12.0. The first-order chi connectivity index (χ1) is 5.90. The Morgan fingerprint density at radius 2 is 1.69 bits per heavy atom. The third-order valence-corrected chi connectivity index (χ3v) is 4.60. The van der Waals surface area contributed by atoms with Gasteiger partial charge in [0.05, 0.1) is 0 Å². The van der Waals surface area contributed by atoms with Gasteiger partial charge in [-0.25, -0.2) is 0 Å². The largest absolute Gasteiger partial charge is 0.0620 e. The minimum Gasteiger partial charge on any atom is -0.0620 e. The zero-order valence-corrected chi connectivity index (χ0v) is 9.80. The Labute approximate surface area is 83.1 Å². The van der Waals surface area contributed by atoms with Gasteiger partial charge >= 0.3 is 0 Å². The van der Waals surface area contributed by atoms with Crippen molar-refractivity contribution in [1.29, 1.82) is 0 Å². The Morgan fingerprint density at radius 3 is 2.15 bits per heavy atom. The van der Waals surface area contributed by atoms with E-state index in [9.17, 15) is 0 Å². The molecule has 0 aromatic heterocycles. The van der Waals surface area contributed by atoms with Gasteiger partial charge < -0.3 is 0 Å². The van der Waals surface area contributed by atoms with Gasteiger partial charge in [-0.2, -0.15) is 0 Å². The summed E-state index contributed by atoms with van der Waals surface area (Å²) in [6, 6.07) is 0. The molecule has 5 atom stereocenters. The zero-order valence-electron chi connectivity index (χ0n) is 9.80. The maximum atomic E-state index is 2.46. The van der Waals surface area contributed by atoms with Crippen LogP contribution < -0.4 is 0 Å². The fourth-order valence-electron chi connectivity index (χ4n) is 3.80. The summed E-state index contributed by atoms with van der Waals surface area (Å²) in [4.78, 5) is 0.